The highest BCUT2D eigenvalue weighted by atomic mass is 79.9. The van der Waals surface area contributed by atoms with Crippen LogP contribution in [0, 0.1) is 0 Å². The first-order valence-corrected chi connectivity index (χ1v) is 6.47. The van der Waals surface area contributed by atoms with Crippen LogP contribution in [-0.4, -0.2) is 37.0 Å². The van der Waals surface area contributed by atoms with Gasteiger partial charge in [-0.3, -0.25) is 9.59 Å². The molecule has 0 radical (unpaired) electrons. The van der Waals surface area contributed by atoms with Gasteiger partial charge in [0.1, 0.15) is 6.54 Å². The van der Waals surface area contributed by atoms with Crippen LogP contribution in [0.4, 0.5) is 0 Å². The number of methoxy groups -OCH3 is 1. The lowest BCUT2D eigenvalue weighted by Crippen LogP contribution is -2.36. The number of likely N-dealkylation sites (N-methyl/N-ethyl adjacent to an activating group) is 1. The van der Waals surface area contributed by atoms with Gasteiger partial charge in [-0.2, -0.15) is 0 Å². The molecule has 0 saturated heterocycles. The molecule has 0 spiro atoms. The van der Waals surface area contributed by atoms with E-state index < -0.39 is 5.97 Å². The molecule has 18 heavy (non-hydrogen) atoms. The first kappa shape index (κ1) is 15.0. The molecule has 0 unspecified atom stereocenters. The minimum Gasteiger partial charge on any atom is -0.468 e. The third kappa shape index (κ3) is 3.71. The maximum absolute atomic E-state index is 12.2. The molecule has 0 atom stereocenters. The lowest BCUT2D eigenvalue weighted by Gasteiger charge is -2.20. The van der Waals surface area contributed by atoms with Crippen LogP contribution in [0.15, 0.2) is 22.7 Å². The molecule has 0 fully saturated rings. The van der Waals surface area contributed by atoms with Crippen molar-refractivity contribution in [3.05, 3.63) is 33.3 Å². The second-order valence-electron chi connectivity index (χ2n) is 3.52. The molecule has 1 rings (SSSR count). The summed E-state index contributed by atoms with van der Waals surface area (Å²) < 4.78 is 5.15. The molecule has 0 bridgehead atoms. The predicted octanol–water partition coefficient (Wildman–Crippen LogP) is 2.74. The third-order valence-corrected chi connectivity index (χ3v) is 3.27. The van der Waals surface area contributed by atoms with Crippen molar-refractivity contribution in [3.8, 4) is 0 Å². The van der Waals surface area contributed by atoms with Gasteiger partial charge in [-0.25, -0.2) is 0 Å². The van der Waals surface area contributed by atoms with Crippen LogP contribution in [0.5, 0.6) is 0 Å². The van der Waals surface area contributed by atoms with Gasteiger partial charge >= 0.3 is 5.97 Å². The number of nitrogens with zero attached hydrogens (tertiary/aromatic N) is 1. The zero-order chi connectivity index (χ0) is 13.7. The van der Waals surface area contributed by atoms with Gasteiger partial charge in [0.15, 0.2) is 0 Å². The fourth-order valence-electron chi connectivity index (χ4n) is 1.38. The predicted molar refractivity (Wildman–Crippen MR) is 72.7 cm³/mol. The fraction of sp³-hybridized carbons (Fsp3) is 0.333. The summed E-state index contributed by atoms with van der Waals surface area (Å²) in [7, 11) is 1.29. The van der Waals surface area contributed by atoms with Crippen LogP contribution in [0.1, 0.15) is 17.3 Å². The Kier molecular flexibility index (Phi) is 5.62. The summed E-state index contributed by atoms with van der Waals surface area (Å²) in [5.41, 5.74) is 0.463. The van der Waals surface area contributed by atoms with Gasteiger partial charge in [-0.1, -0.05) is 11.6 Å². The van der Waals surface area contributed by atoms with E-state index in [0.717, 1.165) is 0 Å². The lowest BCUT2D eigenvalue weighted by molar-refractivity contribution is -0.141. The van der Waals surface area contributed by atoms with Crippen LogP contribution in [0.3, 0.4) is 0 Å². The van der Waals surface area contributed by atoms with E-state index in [2.05, 4.69) is 20.7 Å². The minimum absolute atomic E-state index is 0.0686. The highest BCUT2D eigenvalue weighted by molar-refractivity contribution is 9.10. The maximum atomic E-state index is 12.2. The van der Waals surface area contributed by atoms with Crippen molar-refractivity contribution in [3.63, 3.8) is 0 Å². The second-order valence-corrected chi connectivity index (χ2v) is 4.81. The highest BCUT2D eigenvalue weighted by Gasteiger charge is 2.19. The molecule has 1 amide bonds. The number of rotatable bonds is 4. The van der Waals surface area contributed by atoms with Crippen molar-refractivity contribution in [1.82, 2.24) is 4.90 Å². The Labute approximate surface area is 119 Å². The van der Waals surface area contributed by atoms with E-state index >= 15 is 0 Å². The summed E-state index contributed by atoms with van der Waals surface area (Å²) in [6.07, 6.45) is 0. The van der Waals surface area contributed by atoms with E-state index in [1.165, 1.54) is 12.0 Å². The number of ether oxygens (including phenoxy) is 1. The van der Waals surface area contributed by atoms with Crippen LogP contribution in [-0.2, 0) is 9.53 Å². The Morgan fingerprint density at radius 2 is 2.11 bits per heavy atom. The van der Waals surface area contributed by atoms with Crippen LogP contribution >= 0.6 is 27.5 Å². The summed E-state index contributed by atoms with van der Waals surface area (Å²) in [5.74, 6) is -0.693. The van der Waals surface area contributed by atoms with Crippen LogP contribution in [0.25, 0.3) is 0 Å². The summed E-state index contributed by atoms with van der Waals surface area (Å²) in [5, 5.41) is 0.537. The largest absolute Gasteiger partial charge is 0.468 e. The number of hydrogen-bond donors (Lipinski definition) is 0. The van der Waals surface area contributed by atoms with Crippen LogP contribution in [0.2, 0.25) is 5.02 Å². The van der Waals surface area contributed by atoms with E-state index in [0.29, 0.717) is 21.6 Å². The van der Waals surface area contributed by atoms with Crippen LogP contribution < -0.4 is 0 Å². The zero-order valence-corrected chi connectivity index (χ0v) is 12.4. The smallest absolute Gasteiger partial charge is 0.325 e. The number of halogens is 2. The highest BCUT2D eigenvalue weighted by Crippen LogP contribution is 2.22. The van der Waals surface area contributed by atoms with Crippen molar-refractivity contribution in [2.45, 2.75) is 6.92 Å². The molecule has 0 aliphatic carbocycles. The Hall–Kier alpha value is -1.07. The summed E-state index contributed by atoms with van der Waals surface area (Å²) >= 11 is 9.09. The van der Waals surface area contributed by atoms with Gasteiger partial charge in [0.05, 0.1) is 12.7 Å². The van der Waals surface area contributed by atoms with Gasteiger partial charge in [-0.15, -0.1) is 0 Å². The van der Waals surface area contributed by atoms with E-state index in [9.17, 15) is 9.59 Å². The van der Waals surface area contributed by atoms with Gasteiger partial charge in [0, 0.05) is 16.0 Å². The Morgan fingerprint density at radius 1 is 1.44 bits per heavy atom. The van der Waals surface area contributed by atoms with Gasteiger partial charge in [0.2, 0.25) is 0 Å². The molecule has 0 saturated carbocycles. The van der Waals surface area contributed by atoms with Crippen molar-refractivity contribution in [1.29, 1.82) is 0 Å². The molecule has 0 heterocycles. The molecule has 4 nitrogen and oxygen atoms in total. The van der Waals surface area contributed by atoms with Crippen molar-refractivity contribution >= 4 is 39.4 Å². The summed E-state index contributed by atoms with van der Waals surface area (Å²) in [6, 6.07) is 4.89. The maximum Gasteiger partial charge on any atom is 0.325 e. The molecular weight excluding hydrogens is 321 g/mol. The summed E-state index contributed by atoms with van der Waals surface area (Å²) in [6.45, 7) is 2.15. The average molecular weight is 335 g/mol. The van der Waals surface area contributed by atoms with Gasteiger partial charge in [0.25, 0.3) is 5.91 Å². The number of esters is 1. The Balaban J connectivity index is 2.93. The molecule has 6 heteroatoms. The van der Waals surface area contributed by atoms with Crippen molar-refractivity contribution in [2.24, 2.45) is 0 Å². The number of hydrogen-bond acceptors (Lipinski definition) is 3. The molecule has 1 aromatic carbocycles. The molecule has 0 aliphatic rings. The molecule has 0 N–H and O–H groups in total. The van der Waals surface area contributed by atoms with Crippen molar-refractivity contribution in [2.75, 3.05) is 20.2 Å². The van der Waals surface area contributed by atoms with Gasteiger partial charge < -0.3 is 9.64 Å². The molecule has 98 valence electrons. The summed E-state index contributed by atoms with van der Waals surface area (Å²) in [4.78, 5) is 24.8. The Bertz CT molecular complexity index is 465. The zero-order valence-electron chi connectivity index (χ0n) is 10.1. The molecule has 0 aromatic heterocycles. The monoisotopic (exact) mass is 333 g/mol. The van der Waals surface area contributed by atoms with Gasteiger partial charge in [-0.05, 0) is 41.1 Å². The molecular formula is C12H13BrClNO3. The number of benzene rings is 1. The van der Waals surface area contributed by atoms with E-state index in [4.69, 9.17) is 11.6 Å². The third-order valence-electron chi connectivity index (χ3n) is 2.38. The first-order chi connectivity index (χ1) is 8.49. The van der Waals surface area contributed by atoms with Crippen molar-refractivity contribution < 1.29 is 14.3 Å². The quantitative estimate of drug-likeness (QED) is 0.795. The van der Waals surface area contributed by atoms with E-state index in [1.54, 1.807) is 25.1 Å². The normalized spacial score (nSPS) is 10.0. The Morgan fingerprint density at radius 3 is 2.61 bits per heavy atom. The SMILES string of the molecule is CCN(CC(=O)OC)C(=O)c1ccc(Cl)cc1Br. The number of carbonyl (C=O) groups excluding carboxylic acids is 2. The standard InChI is InChI=1S/C12H13BrClNO3/c1-3-15(7-11(16)18-2)12(17)9-5-4-8(14)6-10(9)13/h4-6H,3,7H2,1-2H3. The fourth-order valence-corrected chi connectivity index (χ4v) is 2.23. The molecule has 0 aliphatic heterocycles. The van der Waals surface area contributed by atoms with E-state index in [-0.39, 0.29) is 12.5 Å². The minimum atomic E-state index is -0.449. The second kappa shape index (κ2) is 6.75. The molecule has 1 aromatic rings. The lowest BCUT2D eigenvalue weighted by atomic mass is 10.2. The number of amides is 1. The first-order valence-electron chi connectivity index (χ1n) is 5.30. The average Bonchev–Trinajstić information content (AvgIpc) is 2.34. The topological polar surface area (TPSA) is 46.6 Å². The number of carbonyl (C=O) groups is 2. The van der Waals surface area contributed by atoms with E-state index in [1.807, 2.05) is 0 Å².